The number of rotatable bonds is 2. The molecule has 0 saturated carbocycles. The molecule has 3 heterocycles. The molecule has 4 rings (SSSR count). The van der Waals surface area contributed by atoms with Gasteiger partial charge in [-0.2, -0.15) is 5.10 Å². The maximum absolute atomic E-state index is 5.96. The minimum Gasteiger partial charge on any atom is -0.240 e. The van der Waals surface area contributed by atoms with E-state index in [0.29, 0.717) is 0 Å². The van der Waals surface area contributed by atoms with Gasteiger partial charge in [-0.15, -0.1) is 0 Å². The van der Waals surface area contributed by atoms with Gasteiger partial charge in [0, 0.05) is 18.0 Å². The first-order valence-corrected chi connectivity index (χ1v) is 7.22. The molecule has 5 heteroatoms. The number of halogens is 1. The molecular weight excluding hydrogens is 296 g/mol. The summed E-state index contributed by atoms with van der Waals surface area (Å²) in [5.41, 5.74) is 4.62. The number of aromatic nitrogens is 4. The van der Waals surface area contributed by atoms with Crippen LogP contribution in [0.25, 0.3) is 28.0 Å². The highest BCUT2D eigenvalue weighted by Crippen LogP contribution is 2.34. The molecule has 4 nitrogen and oxygen atoms in total. The molecular formula is C17H11ClN4. The lowest BCUT2D eigenvalue weighted by molar-refractivity contribution is 0.966. The van der Waals surface area contributed by atoms with Gasteiger partial charge in [0.1, 0.15) is 5.69 Å². The molecule has 0 spiro atoms. The summed E-state index contributed by atoms with van der Waals surface area (Å²) < 4.78 is 1.85. The van der Waals surface area contributed by atoms with E-state index in [2.05, 4.69) is 9.97 Å². The Labute approximate surface area is 132 Å². The highest BCUT2D eigenvalue weighted by atomic mass is 35.5. The van der Waals surface area contributed by atoms with Gasteiger partial charge in [-0.3, -0.25) is 0 Å². The van der Waals surface area contributed by atoms with E-state index in [4.69, 9.17) is 16.7 Å². The van der Waals surface area contributed by atoms with Gasteiger partial charge >= 0.3 is 0 Å². The zero-order valence-corrected chi connectivity index (χ0v) is 12.3. The van der Waals surface area contributed by atoms with Crippen molar-refractivity contribution in [3.05, 3.63) is 72.3 Å². The van der Waals surface area contributed by atoms with E-state index in [1.165, 1.54) is 0 Å². The summed E-state index contributed by atoms with van der Waals surface area (Å²) >= 11 is 5.96. The molecule has 106 valence electrons. The van der Waals surface area contributed by atoms with Gasteiger partial charge < -0.3 is 0 Å². The van der Waals surface area contributed by atoms with Crippen molar-refractivity contribution in [2.75, 3.05) is 0 Å². The average Bonchev–Trinajstić information content (AvgIpc) is 2.95. The highest BCUT2D eigenvalue weighted by Gasteiger charge is 2.17. The molecule has 0 fully saturated rings. The van der Waals surface area contributed by atoms with Crippen LogP contribution in [0.1, 0.15) is 0 Å². The number of hydrogen-bond donors (Lipinski definition) is 0. The Kier molecular flexibility index (Phi) is 3.09. The Morgan fingerprint density at radius 1 is 0.909 bits per heavy atom. The van der Waals surface area contributed by atoms with Crippen molar-refractivity contribution in [1.82, 2.24) is 19.6 Å². The lowest BCUT2D eigenvalue weighted by Crippen LogP contribution is -1.88. The molecule has 3 aromatic heterocycles. The van der Waals surface area contributed by atoms with E-state index in [1.54, 1.807) is 6.20 Å². The summed E-state index contributed by atoms with van der Waals surface area (Å²) in [5.74, 6) is 0. The van der Waals surface area contributed by atoms with Crippen LogP contribution in [0.15, 0.2) is 67.0 Å². The molecule has 4 aromatic rings. The first kappa shape index (κ1) is 13.0. The molecule has 0 saturated heterocycles. The summed E-state index contributed by atoms with van der Waals surface area (Å²) in [5, 5.41) is 4.93. The summed E-state index contributed by atoms with van der Waals surface area (Å²) in [7, 11) is 0. The largest absolute Gasteiger partial charge is 0.240 e. The fraction of sp³-hybridized carbons (Fsp3) is 0. The standard InChI is InChI=1S/C17H11ClN4/c18-17-19-10-9-13(20-17)15-14-8-4-5-11-22(14)21-16(15)12-6-2-1-3-7-12/h1-11H. The Morgan fingerprint density at radius 2 is 1.73 bits per heavy atom. The summed E-state index contributed by atoms with van der Waals surface area (Å²) in [4.78, 5) is 8.31. The molecule has 0 amide bonds. The Bertz CT molecular complexity index is 947. The zero-order valence-electron chi connectivity index (χ0n) is 11.5. The van der Waals surface area contributed by atoms with Gasteiger partial charge in [0.25, 0.3) is 0 Å². The van der Waals surface area contributed by atoms with Crippen molar-refractivity contribution in [2.45, 2.75) is 0 Å². The van der Waals surface area contributed by atoms with Crippen LogP contribution in [-0.2, 0) is 0 Å². The third-order valence-corrected chi connectivity index (χ3v) is 3.65. The van der Waals surface area contributed by atoms with E-state index >= 15 is 0 Å². The van der Waals surface area contributed by atoms with Gasteiger partial charge in [-0.05, 0) is 29.8 Å². The summed E-state index contributed by atoms with van der Waals surface area (Å²) in [6.45, 7) is 0. The van der Waals surface area contributed by atoms with Gasteiger partial charge in [0.2, 0.25) is 5.28 Å². The monoisotopic (exact) mass is 306 g/mol. The van der Waals surface area contributed by atoms with Crippen LogP contribution >= 0.6 is 11.6 Å². The second-order valence-corrected chi connectivity index (χ2v) is 5.17. The van der Waals surface area contributed by atoms with Crippen molar-refractivity contribution in [1.29, 1.82) is 0 Å². The molecule has 0 aliphatic heterocycles. The molecule has 22 heavy (non-hydrogen) atoms. The fourth-order valence-corrected chi connectivity index (χ4v) is 2.67. The van der Waals surface area contributed by atoms with Crippen LogP contribution in [-0.4, -0.2) is 19.6 Å². The van der Waals surface area contributed by atoms with E-state index in [1.807, 2.05) is 65.3 Å². The zero-order chi connectivity index (χ0) is 14.9. The van der Waals surface area contributed by atoms with Crippen LogP contribution < -0.4 is 0 Å². The molecule has 0 aliphatic carbocycles. The predicted molar refractivity (Wildman–Crippen MR) is 86.7 cm³/mol. The van der Waals surface area contributed by atoms with Gasteiger partial charge in [0.05, 0.1) is 16.8 Å². The number of benzene rings is 1. The normalized spacial score (nSPS) is 11.0. The average molecular weight is 307 g/mol. The van der Waals surface area contributed by atoms with Crippen molar-refractivity contribution in [3.8, 4) is 22.5 Å². The van der Waals surface area contributed by atoms with Crippen molar-refractivity contribution < 1.29 is 0 Å². The number of nitrogens with zero attached hydrogens (tertiary/aromatic N) is 4. The maximum atomic E-state index is 5.96. The van der Waals surface area contributed by atoms with Crippen LogP contribution in [0.4, 0.5) is 0 Å². The van der Waals surface area contributed by atoms with E-state index in [0.717, 1.165) is 28.0 Å². The number of hydrogen-bond acceptors (Lipinski definition) is 3. The third-order valence-electron chi connectivity index (χ3n) is 3.47. The molecule has 0 aliphatic rings. The molecule has 0 radical (unpaired) electrons. The second kappa shape index (κ2) is 5.24. The second-order valence-electron chi connectivity index (χ2n) is 4.83. The highest BCUT2D eigenvalue weighted by molar-refractivity contribution is 6.28. The smallest absolute Gasteiger partial charge is 0.222 e. The first-order valence-electron chi connectivity index (χ1n) is 6.84. The quantitative estimate of drug-likeness (QED) is 0.523. The van der Waals surface area contributed by atoms with Crippen molar-refractivity contribution in [3.63, 3.8) is 0 Å². The third kappa shape index (κ3) is 2.14. The summed E-state index contributed by atoms with van der Waals surface area (Å²) in [6, 6.07) is 17.9. The Hall–Kier alpha value is -2.72. The van der Waals surface area contributed by atoms with Crippen LogP contribution in [0, 0.1) is 0 Å². The first-order chi connectivity index (χ1) is 10.8. The molecule has 1 aromatic carbocycles. The van der Waals surface area contributed by atoms with Crippen LogP contribution in [0.2, 0.25) is 5.28 Å². The van der Waals surface area contributed by atoms with E-state index in [9.17, 15) is 0 Å². The molecule has 0 unspecified atom stereocenters. The Balaban J connectivity index is 2.07. The lowest BCUT2D eigenvalue weighted by atomic mass is 10.0. The van der Waals surface area contributed by atoms with Gasteiger partial charge in [-0.1, -0.05) is 36.4 Å². The number of fused-ring (bicyclic) bond motifs is 1. The minimum atomic E-state index is 0.229. The molecule has 0 N–H and O–H groups in total. The summed E-state index contributed by atoms with van der Waals surface area (Å²) in [6.07, 6.45) is 3.58. The predicted octanol–water partition coefficient (Wildman–Crippen LogP) is 4.11. The fourth-order valence-electron chi connectivity index (χ4n) is 2.52. The Morgan fingerprint density at radius 3 is 2.55 bits per heavy atom. The van der Waals surface area contributed by atoms with Crippen LogP contribution in [0.5, 0.6) is 0 Å². The molecule has 0 bridgehead atoms. The SMILES string of the molecule is Clc1nccc(-c2c(-c3ccccc3)nn3ccccc23)n1. The molecule has 0 atom stereocenters. The van der Waals surface area contributed by atoms with E-state index < -0.39 is 0 Å². The maximum Gasteiger partial charge on any atom is 0.222 e. The van der Waals surface area contributed by atoms with Gasteiger partial charge in [-0.25, -0.2) is 14.5 Å². The lowest BCUT2D eigenvalue weighted by Gasteiger charge is -2.03. The van der Waals surface area contributed by atoms with E-state index in [-0.39, 0.29) is 5.28 Å². The van der Waals surface area contributed by atoms with Gasteiger partial charge in [0.15, 0.2) is 0 Å². The minimum absolute atomic E-state index is 0.229. The topological polar surface area (TPSA) is 43.1 Å². The van der Waals surface area contributed by atoms with Crippen molar-refractivity contribution >= 4 is 17.1 Å². The number of pyridine rings is 1. The van der Waals surface area contributed by atoms with Crippen molar-refractivity contribution in [2.24, 2.45) is 0 Å². The van der Waals surface area contributed by atoms with Crippen LogP contribution in [0.3, 0.4) is 0 Å².